The summed E-state index contributed by atoms with van der Waals surface area (Å²) in [4.78, 5) is 19.4. The first-order chi connectivity index (χ1) is 16.6. The molecule has 5 rings (SSSR count). The van der Waals surface area contributed by atoms with Gasteiger partial charge in [-0.05, 0) is 18.2 Å². The molecule has 3 heterocycles. The van der Waals surface area contributed by atoms with Gasteiger partial charge >= 0.3 is 0 Å². The van der Waals surface area contributed by atoms with Gasteiger partial charge in [-0.1, -0.05) is 0 Å². The van der Waals surface area contributed by atoms with Crippen molar-refractivity contribution in [3.05, 3.63) is 52.8 Å². The normalized spacial score (nSPS) is 16.1. The lowest BCUT2D eigenvalue weighted by Gasteiger charge is -2.30. The topological polar surface area (TPSA) is 102 Å². The van der Waals surface area contributed by atoms with E-state index < -0.39 is 0 Å². The van der Waals surface area contributed by atoms with Crippen LogP contribution in [0.2, 0.25) is 0 Å². The maximum atomic E-state index is 11.9. The van der Waals surface area contributed by atoms with Gasteiger partial charge < -0.3 is 39.5 Å². The largest absolute Gasteiger partial charge is 0.495 e. The summed E-state index contributed by atoms with van der Waals surface area (Å²) >= 11 is 0. The van der Waals surface area contributed by atoms with Crippen LogP contribution in [0.15, 0.2) is 47.4 Å². The fourth-order valence-electron chi connectivity index (χ4n) is 4.16. The molecule has 34 heavy (non-hydrogen) atoms. The Morgan fingerprint density at radius 2 is 1.41 bits per heavy atom. The van der Waals surface area contributed by atoms with Gasteiger partial charge in [0.05, 0.1) is 57.5 Å². The minimum absolute atomic E-state index is 0.0194. The number of aromatic amines is 1. The molecule has 0 atom stereocenters. The van der Waals surface area contributed by atoms with Crippen molar-refractivity contribution in [2.45, 2.75) is 0 Å². The number of ether oxygens (including phenoxy) is 4. The molecule has 2 aliphatic heterocycles. The second-order valence-corrected chi connectivity index (χ2v) is 8.04. The summed E-state index contributed by atoms with van der Waals surface area (Å²) in [7, 11) is 3.31. The molecule has 2 fully saturated rings. The van der Waals surface area contributed by atoms with Crippen LogP contribution >= 0.6 is 0 Å². The van der Waals surface area contributed by atoms with E-state index in [1.807, 2.05) is 30.3 Å². The molecule has 0 unspecified atom stereocenters. The summed E-state index contributed by atoms with van der Waals surface area (Å²) in [5, 5.41) is 0.685. The summed E-state index contributed by atoms with van der Waals surface area (Å²) < 4.78 is 21.4. The molecule has 0 radical (unpaired) electrons. The molecule has 0 saturated carbocycles. The third-order valence-corrected chi connectivity index (χ3v) is 5.97. The Hall–Kier alpha value is -3.43. The van der Waals surface area contributed by atoms with Crippen LogP contribution in [0.3, 0.4) is 0 Å². The number of morpholine rings is 2. The summed E-state index contributed by atoms with van der Waals surface area (Å²) in [6, 6.07) is 11.1. The highest BCUT2D eigenvalue weighted by molar-refractivity contribution is 5.86. The van der Waals surface area contributed by atoms with Gasteiger partial charge in [0, 0.05) is 61.6 Å². The van der Waals surface area contributed by atoms with Gasteiger partial charge in [0.25, 0.3) is 0 Å². The minimum atomic E-state index is 0.0194. The lowest BCUT2D eigenvalue weighted by molar-refractivity contribution is 0.122. The van der Waals surface area contributed by atoms with Crippen LogP contribution < -0.4 is 30.4 Å². The SMILES string of the molecule is COc1cc(N)ccc1N1CCOCC1.COc1cc2[nH]ccc(=O)c2cc1N1CCOCC1. The number of hydrogen-bond acceptors (Lipinski definition) is 8. The van der Waals surface area contributed by atoms with E-state index in [4.69, 9.17) is 24.7 Å². The lowest BCUT2D eigenvalue weighted by atomic mass is 10.1. The molecular formula is C25H32N4O5. The van der Waals surface area contributed by atoms with E-state index in [9.17, 15) is 4.79 Å². The number of fused-ring (bicyclic) bond motifs is 1. The molecule has 0 spiro atoms. The Labute approximate surface area is 199 Å². The molecule has 0 amide bonds. The fraction of sp³-hybridized carbons (Fsp3) is 0.400. The fourth-order valence-corrected chi connectivity index (χ4v) is 4.16. The highest BCUT2D eigenvalue weighted by atomic mass is 16.5. The number of H-pyrrole nitrogens is 1. The first-order valence-corrected chi connectivity index (χ1v) is 11.4. The van der Waals surface area contributed by atoms with Crippen molar-refractivity contribution in [3.8, 4) is 11.5 Å². The molecule has 2 saturated heterocycles. The van der Waals surface area contributed by atoms with Gasteiger partial charge in [-0.25, -0.2) is 0 Å². The molecule has 0 aliphatic carbocycles. The van der Waals surface area contributed by atoms with Crippen molar-refractivity contribution in [2.24, 2.45) is 0 Å². The average molecular weight is 469 g/mol. The van der Waals surface area contributed by atoms with Gasteiger partial charge in [-0.2, -0.15) is 0 Å². The molecule has 9 nitrogen and oxygen atoms in total. The number of pyridine rings is 1. The number of hydrogen-bond donors (Lipinski definition) is 2. The molecule has 1 aromatic heterocycles. The summed E-state index contributed by atoms with van der Waals surface area (Å²) in [6.07, 6.45) is 1.65. The number of anilines is 3. The van der Waals surface area contributed by atoms with E-state index >= 15 is 0 Å². The summed E-state index contributed by atoms with van der Waals surface area (Å²) in [5.41, 5.74) is 9.29. The second-order valence-electron chi connectivity index (χ2n) is 8.04. The van der Waals surface area contributed by atoms with Crippen molar-refractivity contribution in [2.75, 3.05) is 82.4 Å². The average Bonchev–Trinajstić information content (AvgIpc) is 2.89. The zero-order valence-corrected chi connectivity index (χ0v) is 19.7. The number of aromatic nitrogens is 1. The lowest BCUT2D eigenvalue weighted by Crippen LogP contribution is -2.36. The van der Waals surface area contributed by atoms with E-state index in [0.29, 0.717) is 18.6 Å². The quantitative estimate of drug-likeness (QED) is 0.563. The smallest absolute Gasteiger partial charge is 0.189 e. The summed E-state index contributed by atoms with van der Waals surface area (Å²) in [6.45, 7) is 6.37. The standard InChI is InChI=1S/C14H16N2O3.C11H16N2O2/c1-18-14-9-11-10(13(17)2-3-15-11)8-12(14)16-4-6-19-7-5-16;1-14-11-8-9(12)2-3-10(11)13-4-6-15-7-5-13/h2-3,8-9H,4-7H2,1H3,(H,15,17);2-3,8H,4-7,12H2,1H3. The van der Waals surface area contributed by atoms with Crippen LogP contribution in [-0.4, -0.2) is 71.8 Å². The number of nitrogens with zero attached hydrogens (tertiary/aromatic N) is 2. The number of rotatable bonds is 4. The number of nitrogens with one attached hydrogen (secondary N) is 1. The van der Waals surface area contributed by atoms with Gasteiger partial charge in [0.2, 0.25) is 0 Å². The van der Waals surface area contributed by atoms with E-state index in [1.165, 1.54) is 6.07 Å². The Balaban J connectivity index is 0.000000166. The van der Waals surface area contributed by atoms with Crippen molar-refractivity contribution in [1.29, 1.82) is 0 Å². The van der Waals surface area contributed by atoms with Crippen LogP contribution in [-0.2, 0) is 9.47 Å². The maximum Gasteiger partial charge on any atom is 0.189 e. The molecule has 182 valence electrons. The minimum Gasteiger partial charge on any atom is -0.495 e. The highest BCUT2D eigenvalue weighted by Gasteiger charge is 2.17. The van der Waals surface area contributed by atoms with E-state index in [-0.39, 0.29) is 5.43 Å². The van der Waals surface area contributed by atoms with Crippen LogP contribution in [0.1, 0.15) is 0 Å². The Bertz CT molecular complexity index is 1150. The van der Waals surface area contributed by atoms with Gasteiger partial charge in [-0.15, -0.1) is 0 Å². The van der Waals surface area contributed by atoms with Gasteiger partial charge in [0.15, 0.2) is 5.43 Å². The van der Waals surface area contributed by atoms with E-state index in [1.54, 1.807) is 20.4 Å². The third-order valence-electron chi connectivity index (χ3n) is 5.97. The molecular weight excluding hydrogens is 436 g/mol. The van der Waals surface area contributed by atoms with Crippen LogP contribution in [0.4, 0.5) is 17.1 Å². The van der Waals surface area contributed by atoms with Crippen molar-refractivity contribution in [1.82, 2.24) is 4.98 Å². The Morgan fingerprint density at radius 3 is 2.03 bits per heavy atom. The Morgan fingerprint density at radius 1 is 0.824 bits per heavy atom. The monoisotopic (exact) mass is 468 g/mol. The molecule has 3 N–H and O–H groups in total. The predicted octanol–water partition coefficient (Wildman–Crippen LogP) is 2.49. The molecule has 9 heteroatoms. The Kier molecular flexibility index (Phi) is 7.76. The third kappa shape index (κ3) is 5.37. The highest BCUT2D eigenvalue weighted by Crippen LogP contribution is 2.32. The predicted molar refractivity (Wildman–Crippen MR) is 135 cm³/mol. The van der Waals surface area contributed by atoms with E-state index in [2.05, 4.69) is 14.8 Å². The van der Waals surface area contributed by atoms with Crippen molar-refractivity contribution < 1.29 is 18.9 Å². The van der Waals surface area contributed by atoms with Crippen molar-refractivity contribution in [3.63, 3.8) is 0 Å². The number of nitrogens with two attached hydrogens (primary N) is 1. The number of benzene rings is 2. The summed E-state index contributed by atoms with van der Waals surface area (Å²) in [5.74, 6) is 1.60. The maximum absolute atomic E-state index is 11.9. The molecule has 2 aromatic carbocycles. The number of nitrogen functional groups attached to an aromatic ring is 1. The zero-order valence-electron chi connectivity index (χ0n) is 19.7. The van der Waals surface area contributed by atoms with Gasteiger partial charge in [-0.3, -0.25) is 4.79 Å². The number of methoxy groups -OCH3 is 2. The molecule has 0 bridgehead atoms. The first-order valence-electron chi connectivity index (χ1n) is 11.4. The zero-order chi connectivity index (χ0) is 23.9. The van der Waals surface area contributed by atoms with Crippen LogP contribution in [0.5, 0.6) is 11.5 Å². The molecule has 3 aromatic rings. The van der Waals surface area contributed by atoms with Crippen LogP contribution in [0.25, 0.3) is 10.9 Å². The molecule has 2 aliphatic rings. The second kappa shape index (κ2) is 11.1. The van der Waals surface area contributed by atoms with E-state index in [0.717, 1.165) is 73.5 Å². The van der Waals surface area contributed by atoms with Crippen molar-refractivity contribution >= 4 is 28.0 Å². The van der Waals surface area contributed by atoms with Crippen LogP contribution in [0, 0.1) is 0 Å². The van der Waals surface area contributed by atoms with Gasteiger partial charge in [0.1, 0.15) is 11.5 Å². The first kappa shape index (κ1) is 23.7.